The molecule has 1 rings (SSSR count). The average molecular weight is 447 g/mol. The monoisotopic (exact) mass is 446 g/mol. The van der Waals surface area contributed by atoms with E-state index < -0.39 is 11.9 Å². The van der Waals surface area contributed by atoms with Crippen molar-refractivity contribution in [3.63, 3.8) is 0 Å². The molecule has 0 saturated heterocycles. The van der Waals surface area contributed by atoms with Gasteiger partial charge in [0.1, 0.15) is 0 Å². The molecule has 0 heterocycles. The Kier molecular flexibility index (Phi) is 15.6. The lowest BCUT2D eigenvalue weighted by Crippen LogP contribution is -2.19. The molecule has 0 aliphatic rings. The van der Waals surface area contributed by atoms with Crippen molar-refractivity contribution < 1.29 is 19.1 Å². The third kappa shape index (κ3) is 11.2. The third-order valence-electron chi connectivity index (χ3n) is 6.13. The summed E-state index contributed by atoms with van der Waals surface area (Å²) in [5.74, 6) is -0.0835. The summed E-state index contributed by atoms with van der Waals surface area (Å²) in [4.78, 5) is 25.6. The molecule has 0 aromatic heterocycles. The van der Waals surface area contributed by atoms with Gasteiger partial charge >= 0.3 is 11.9 Å². The van der Waals surface area contributed by atoms with Crippen molar-refractivity contribution in [3.8, 4) is 0 Å². The molecule has 0 amide bonds. The van der Waals surface area contributed by atoms with Gasteiger partial charge < -0.3 is 9.47 Å². The van der Waals surface area contributed by atoms with Crippen LogP contribution in [0.15, 0.2) is 24.3 Å². The fourth-order valence-electron chi connectivity index (χ4n) is 3.97. The number of hydrogen-bond acceptors (Lipinski definition) is 4. The Labute approximate surface area is 196 Å². The molecule has 32 heavy (non-hydrogen) atoms. The molecule has 1 aromatic carbocycles. The molecule has 0 radical (unpaired) electrons. The molecule has 0 unspecified atom stereocenters. The molecule has 0 atom stereocenters. The Morgan fingerprint density at radius 2 is 0.938 bits per heavy atom. The Morgan fingerprint density at radius 3 is 1.22 bits per heavy atom. The molecular weight excluding hydrogens is 400 g/mol. The molecule has 4 nitrogen and oxygen atoms in total. The molecule has 0 aliphatic heterocycles. The van der Waals surface area contributed by atoms with E-state index >= 15 is 0 Å². The summed E-state index contributed by atoms with van der Waals surface area (Å²) in [6, 6.07) is 6.87. The highest BCUT2D eigenvalue weighted by Crippen LogP contribution is 2.20. The van der Waals surface area contributed by atoms with Gasteiger partial charge in [0.15, 0.2) is 0 Å². The van der Waals surface area contributed by atoms with Crippen LogP contribution in [-0.4, -0.2) is 25.2 Å². The van der Waals surface area contributed by atoms with Gasteiger partial charge in [0.25, 0.3) is 0 Å². The van der Waals surface area contributed by atoms with Gasteiger partial charge in [-0.05, 0) is 49.7 Å². The highest BCUT2D eigenvalue weighted by Gasteiger charge is 2.21. The van der Waals surface area contributed by atoms with Crippen LogP contribution in [-0.2, 0) is 9.47 Å². The summed E-state index contributed by atoms with van der Waals surface area (Å²) in [5, 5.41) is 0. The van der Waals surface area contributed by atoms with E-state index in [1.165, 1.54) is 0 Å². The molecule has 0 fully saturated rings. The first-order valence-corrected chi connectivity index (χ1v) is 13.0. The quantitative estimate of drug-likeness (QED) is 0.214. The van der Waals surface area contributed by atoms with E-state index in [0.29, 0.717) is 36.2 Å². The molecule has 0 aliphatic carbocycles. The molecule has 1 aromatic rings. The van der Waals surface area contributed by atoms with Gasteiger partial charge in [-0.25, -0.2) is 9.59 Å². The van der Waals surface area contributed by atoms with Crippen molar-refractivity contribution in [2.45, 2.75) is 105 Å². The predicted molar refractivity (Wildman–Crippen MR) is 132 cm³/mol. The fourth-order valence-corrected chi connectivity index (χ4v) is 3.97. The smallest absolute Gasteiger partial charge is 0.339 e. The van der Waals surface area contributed by atoms with Crippen molar-refractivity contribution in [3.05, 3.63) is 35.4 Å². The van der Waals surface area contributed by atoms with Gasteiger partial charge in [0.05, 0.1) is 24.3 Å². The van der Waals surface area contributed by atoms with Crippen molar-refractivity contribution in [2.24, 2.45) is 11.8 Å². The first-order chi connectivity index (χ1) is 15.6. The summed E-state index contributed by atoms with van der Waals surface area (Å²) in [6.07, 6.45) is 13.4. The van der Waals surface area contributed by atoms with Crippen LogP contribution in [0, 0.1) is 11.8 Å². The molecule has 4 heteroatoms. The second-order valence-corrected chi connectivity index (χ2v) is 9.04. The van der Waals surface area contributed by atoms with Crippen LogP contribution in [0.4, 0.5) is 0 Å². The Hall–Kier alpha value is -1.84. The van der Waals surface area contributed by atoms with Crippen LogP contribution < -0.4 is 0 Å². The summed E-state index contributed by atoms with van der Waals surface area (Å²) < 4.78 is 11.3. The van der Waals surface area contributed by atoms with Crippen molar-refractivity contribution >= 4 is 11.9 Å². The number of unbranched alkanes of at least 4 members (excludes halogenated alkanes) is 4. The second-order valence-electron chi connectivity index (χ2n) is 9.04. The van der Waals surface area contributed by atoms with Crippen LogP contribution in [0.5, 0.6) is 0 Å². The van der Waals surface area contributed by atoms with Crippen LogP contribution in [0.1, 0.15) is 125 Å². The average Bonchev–Trinajstić information content (AvgIpc) is 2.82. The Bertz CT molecular complexity index is 569. The molecule has 0 saturated carbocycles. The SMILES string of the molecule is CCCCC(CCCC)COC(=O)c1ccccc1C(=O)OCC(CCCC)CCCC. The van der Waals surface area contributed by atoms with E-state index in [1.807, 2.05) is 0 Å². The van der Waals surface area contributed by atoms with Gasteiger partial charge in [-0.15, -0.1) is 0 Å². The zero-order chi connectivity index (χ0) is 23.6. The number of carbonyl (C=O) groups is 2. The Morgan fingerprint density at radius 1 is 0.625 bits per heavy atom. The fraction of sp³-hybridized carbons (Fsp3) is 0.714. The summed E-state index contributed by atoms with van der Waals surface area (Å²) in [6.45, 7) is 9.55. The third-order valence-corrected chi connectivity index (χ3v) is 6.13. The highest BCUT2D eigenvalue weighted by molar-refractivity contribution is 6.03. The molecular formula is C28H46O4. The molecule has 0 spiro atoms. The number of rotatable bonds is 18. The number of esters is 2. The summed E-state index contributed by atoms with van der Waals surface area (Å²) in [5.41, 5.74) is 0.613. The van der Waals surface area contributed by atoms with E-state index in [0.717, 1.165) is 77.0 Å². The topological polar surface area (TPSA) is 52.6 Å². The van der Waals surface area contributed by atoms with Crippen molar-refractivity contribution in [1.82, 2.24) is 0 Å². The lowest BCUT2D eigenvalue weighted by Gasteiger charge is -2.18. The maximum atomic E-state index is 12.8. The standard InChI is InChI=1S/C28H46O4/c1-5-9-15-23(16-10-6-2)21-31-27(29)25-19-13-14-20-26(25)28(30)32-22-24(17-11-7-3)18-12-8-4/h13-14,19-20,23-24H,5-12,15-18,21-22H2,1-4H3. The minimum atomic E-state index is -0.427. The van der Waals surface area contributed by atoms with Crippen molar-refractivity contribution in [2.75, 3.05) is 13.2 Å². The zero-order valence-electron chi connectivity index (χ0n) is 21.0. The maximum Gasteiger partial charge on any atom is 0.339 e. The van der Waals surface area contributed by atoms with Gasteiger partial charge in [-0.3, -0.25) is 0 Å². The minimum absolute atomic E-state index is 0.306. The Balaban J connectivity index is 2.73. The number of carbonyl (C=O) groups excluding carboxylic acids is 2. The van der Waals surface area contributed by atoms with E-state index in [1.54, 1.807) is 24.3 Å². The van der Waals surface area contributed by atoms with E-state index in [-0.39, 0.29) is 0 Å². The predicted octanol–water partition coefficient (Wildman–Crippen LogP) is 7.99. The highest BCUT2D eigenvalue weighted by atomic mass is 16.5. The van der Waals surface area contributed by atoms with Crippen LogP contribution in [0.3, 0.4) is 0 Å². The van der Waals surface area contributed by atoms with Crippen molar-refractivity contribution in [1.29, 1.82) is 0 Å². The largest absolute Gasteiger partial charge is 0.462 e. The summed E-state index contributed by atoms with van der Waals surface area (Å²) in [7, 11) is 0. The van der Waals surface area contributed by atoms with Crippen LogP contribution >= 0.6 is 0 Å². The van der Waals surface area contributed by atoms with Crippen LogP contribution in [0.2, 0.25) is 0 Å². The van der Waals surface area contributed by atoms with Gasteiger partial charge in [-0.2, -0.15) is 0 Å². The summed E-state index contributed by atoms with van der Waals surface area (Å²) >= 11 is 0. The lowest BCUT2D eigenvalue weighted by atomic mass is 9.97. The zero-order valence-corrected chi connectivity index (χ0v) is 21.0. The number of benzene rings is 1. The number of hydrogen-bond donors (Lipinski definition) is 0. The second kappa shape index (κ2) is 17.7. The van der Waals surface area contributed by atoms with Gasteiger partial charge in [-0.1, -0.05) is 91.2 Å². The van der Waals surface area contributed by atoms with Gasteiger partial charge in [0, 0.05) is 0 Å². The molecule has 182 valence electrons. The van der Waals surface area contributed by atoms with E-state index in [4.69, 9.17) is 9.47 Å². The number of ether oxygens (including phenoxy) is 2. The van der Waals surface area contributed by atoms with Gasteiger partial charge in [0.2, 0.25) is 0 Å². The van der Waals surface area contributed by atoms with E-state index in [9.17, 15) is 9.59 Å². The molecule has 0 bridgehead atoms. The first-order valence-electron chi connectivity index (χ1n) is 13.0. The first kappa shape index (κ1) is 28.2. The maximum absolute atomic E-state index is 12.8. The minimum Gasteiger partial charge on any atom is -0.462 e. The normalized spacial score (nSPS) is 11.2. The van der Waals surface area contributed by atoms with Crippen LogP contribution in [0.25, 0.3) is 0 Å². The lowest BCUT2D eigenvalue weighted by molar-refractivity contribution is 0.0376. The molecule has 0 N–H and O–H groups in total. The van der Waals surface area contributed by atoms with E-state index in [2.05, 4.69) is 27.7 Å².